The highest BCUT2D eigenvalue weighted by molar-refractivity contribution is 9.11. The molecule has 0 spiro atoms. The summed E-state index contributed by atoms with van der Waals surface area (Å²) in [5, 5.41) is 13.1. The number of urea groups is 1. The molecule has 8 heteroatoms. The fourth-order valence-corrected chi connectivity index (χ4v) is 3.07. The van der Waals surface area contributed by atoms with Gasteiger partial charge in [0.2, 0.25) is 5.96 Å². The van der Waals surface area contributed by atoms with E-state index in [1.54, 1.807) is 0 Å². The number of rotatable bonds is 3. The zero-order chi connectivity index (χ0) is 14.7. The number of carbonyl (C=O) groups excluding carboxylic acids is 1. The molecular weight excluding hydrogens is 423 g/mol. The Labute approximate surface area is 147 Å². The predicted octanol–water partition coefficient (Wildman–Crippen LogP) is 3.71. The van der Waals surface area contributed by atoms with E-state index < -0.39 is 0 Å². The van der Waals surface area contributed by atoms with Gasteiger partial charge in [0.25, 0.3) is 0 Å². The Morgan fingerprint density at radius 3 is 2.62 bits per heavy atom. The van der Waals surface area contributed by atoms with Crippen molar-refractivity contribution in [1.82, 2.24) is 10.6 Å². The number of hydrogen-bond donors (Lipinski definition) is 3. The second-order valence-electron chi connectivity index (χ2n) is 4.70. The van der Waals surface area contributed by atoms with E-state index in [-0.39, 0.29) is 24.4 Å². The minimum Gasteiger partial charge on any atom is -0.341 e. The largest absolute Gasteiger partial charge is 0.341 e. The van der Waals surface area contributed by atoms with E-state index in [1.807, 2.05) is 23.1 Å². The minimum absolute atomic E-state index is 0. The lowest BCUT2D eigenvalue weighted by atomic mass is 10.2. The topological polar surface area (TPSA) is 68.2 Å². The third kappa shape index (κ3) is 5.16. The van der Waals surface area contributed by atoms with Crippen molar-refractivity contribution in [2.45, 2.75) is 12.8 Å². The summed E-state index contributed by atoms with van der Waals surface area (Å²) in [7, 11) is 1.53. The number of carbonyl (C=O) groups is 1. The molecule has 0 aromatic heterocycles. The number of nitrogens with zero attached hydrogens (tertiary/aromatic N) is 1. The Balaban J connectivity index is 0.00000220. The summed E-state index contributed by atoms with van der Waals surface area (Å²) in [5.74, 6) is 0.677. The first-order chi connectivity index (χ1) is 9.51. The fourth-order valence-electron chi connectivity index (χ4n) is 1.81. The standard InChI is InChI=1S/C13H16Br2N4O.ClH/c1-17-13(20)18-12(16)19(7-8-2-3-8)11-5-4-9(14)6-10(11)15;/h4-6,8H,2-3,7H2,1H3,(H3,16,17,18,20);1H. The van der Waals surface area contributed by atoms with E-state index in [9.17, 15) is 4.79 Å². The molecule has 1 fully saturated rings. The Morgan fingerprint density at radius 1 is 1.43 bits per heavy atom. The van der Waals surface area contributed by atoms with Gasteiger partial charge in [-0.15, -0.1) is 12.4 Å². The molecule has 1 saturated carbocycles. The van der Waals surface area contributed by atoms with Gasteiger partial charge in [0.05, 0.1) is 5.69 Å². The van der Waals surface area contributed by atoms with Crippen molar-refractivity contribution < 1.29 is 4.79 Å². The zero-order valence-electron chi connectivity index (χ0n) is 11.5. The first kappa shape index (κ1) is 18.3. The lowest BCUT2D eigenvalue weighted by molar-refractivity contribution is 0.247. The lowest BCUT2D eigenvalue weighted by Gasteiger charge is -2.26. The van der Waals surface area contributed by atoms with Crippen LogP contribution in [0.3, 0.4) is 0 Å². The quantitative estimate of drug-likeness (QED) is 0.495. The number of halogens is 3. The molecule has 0 heterocycles. The molecule has 2 amide bonds. The maximum absolute atomic E-state index is 11.4. The van der Waals surface area contributed by atoms with Gasteiger partial charge >= 0.3 is 6.03 Å². The Kier molecular flexibility index (Phi) is 6.96. The SMILES string of the molecule is CNC(=O)NC(=N)N(CC1CC1)c1ccc(Br)cc1Br.Cl. The van der Waals surface area contributed by atoms with E-state index in [4.69, 9.17) is 5.41 Å². The van der Waals surface area contributed by atoms with Crippen LogP contribution in [0, 0.1) is 11.3 Å². The van der Waals surface area contributed by atoms with Gasteiger partial charge in [-0.25, -0.2) is 4.79 Å². The molecule has 0 radical (unpaired) electrons. The van der Waals surface area contributed by atoms with Crippen molar-refractivity contribution >= 4 is 61.9 Å². The van der Waals surface area contributed by atoms with E-state index >= 15 is 0 Å². The van der Waals surface area contributed by atoms with Crippen molar-refractivity contribution in [3.05, 3.63) is 27.1 Å². The lowest BCUT2D eigenvalue weighted by Crippen LogP contribution is -2.47. The summed E-state index contributed by atoms with van der Waals surface area (Å²) in [6, 6.07) is 5.40. The van der Waals surface area contributed by atoms with Gasteiger partial charge in [-0.2, -0.15) is 0 Å². The molecule has 116 valence electrons. The van der Waals surface area contributed by atoms with Crippen LogP contribution in [0.25, 0.3) is 0 Å². The second-order valence-corrected chi connectivity index (χ2v) is 6.47. The summed E-state index contributed by atoms with van der Waals surface area (Å²) < 4.78 is 1.85. The van der Waals surface area contributed by atoms with Crippen LogP contribution in [-0.2, 0) is 0 Å². The van der Waals surface area contributed by atoms with E-state index in [0.717, 1.165) is 21.2 Å². The molecule has 2 rings (SSSR count). The average Bonchev–Trinajstić information content (AvgIpc) is 3.20. The van der Waals surface area contributed by atoms with Gasteiger partial charge in [0, 0.05) is 22.5 Å². The third-order valence-corrected chi connectivity index (χ3v) is 4.20. The van der Waals surface area contributed by atoms with Crippen LogP contribution in [0.4, 0.5) is 10.5 Å². The molecule has 0 atom stereocenters. The van der Waals surface area contributed by atoms with Crippen molar-refractivity contribution in [3.63, 3.8) is 0 Å². The first-order valence-corrected chi connectivity index (χ1v) is 7.89. The number of hydrogen-bond acceptors (Lipinski definition) is 2. The Hall–Kier alpha value is -0.790. The van der Waals surface area contributed by atoms with Gasteiger partial charge in [0.15, 0.2) is 0 Å². The summed E-state index contributed by atoms with van der Waals surface area (Å²) in [4.78, 5) is 13.2. The zero-order valence-corrected chi connectivity index (χ0v) is 15.4. The summed E-state index contributed by atoms with van der Waals surface area (Å²) in [6.07, 6.45) is 2.36. The van der Waals surface area contributed by atoms with Gasteiger partial charge in [-0.3, -0.25) is 10.7 Å². The first-order valence-electron chi connectivity index (χ1n) is 6.31. The number of amides is 2. The molecule has 1 aliphatic carbocycles. The van der Waals surface area contributed by atoms with Crippen molar-refractivity contribution in [1.29, 1.82) is 5.41 Å². The number of nitrogens with one attached hydrogen (secondary N) is 3. The summed E-state index contributed by atoms with van der Waals surface area (Å²) in [6.45, 7) is 0.739. The normalized spacial score (nSPS) is 13.1. The van der Waals surface area contributed by atoms with E-state index in [2.05, 4.69) is 42.5 Å². The molecule has 21 heavy (non-hydrogen) atoms. The maximum atomic E-state index is 11.4. The number of guanidine groups is 1. The highest BCUT2D eigenvalue weighted by Crippen LogP contribution is 2.35. The monoisotopic (exact) mass is 438 g/mol. The molecule has 0 saturated heterocycles. The molecule has 3 N–H and O–H groups in total. The van der Waals surface area contributed by atoms with Gasteiger partial charge in [-0.1, -0.05) is 15.9 Å². The fraction of sp³-hybridized carbons (Fsp3) is 0.385. The average molecular weight is 441 g/mol. The molecule has 0 aliphatic heterocycles. The van der Waals surface area contributed by atoms with Crippen molar-refractivity contribution in [2.24, 2.45) is 5.92 Å². The number of benzene rings is 1. The smallest absolute Gasteiger partial charge is 0.321 e. The van der Waals surface area contributed by atoms with Crippen LogP contribution < -0.4 is 15.5 Å². The van der Waals surface area contributed by atoms with Crippen LogP contribution >= 0.6 is 44.3 Å². The van der Waals surface area contributed by atoms with Crippen LogP contribution in [0.5, 0.6) is 0 Å². The van der Waals surface area contributed by atoms with Gasteiger partial charge in [-0.05, 0) is 52.9 Å². The Bertz CT molecular complexity index is 537. The van der Waals surface area contributed by atoms with E-state index in [1.165, 1.54) is 19.9 Å². The highest BCUT2D eigenvalue weighted by Gasteiger charge is 2.27. The second kappa shape index (κ2) is 8.00. The van der Waals surface area contributed by atoms with Crippen LogP contribution in [-0.4, -0.2) is 25.6 Å². The molecule has 0 bridgehead atoms. The summed E-state index contributed by atoms with van der Waals surface area (Å²) >= 11 is 6.93. The van der Waals surface area contributed by atoms with Crippen molar-refractivity contribution in [2.75, 3.05) is 18.5 Å². The molecular formula is C13H17Br2ClN4O. The van der Waals surface area contributed by atoms with E-state index in [0.29, 0.717) is 5.92 Å². The number of anilines is 1. The maximum Gasteiger partial charge on any atom is 0.321 e. The summed E-state index contributed by atoms with van der Waals surface area (Å²) in [5.41, 5.74) is 0.876. The van der Waals surface area contributed by atoms with Crippen LogP contribution in [0.1, 0.15) is 12.8 Å². The third-order valence-electron chi connectivity index (χ3n) is 3.07. The highest BCUT2D eigenvalue weighted by atomic mass is 79.9. The van der Waals surface area contributed by atoms with Crippen LogP contribution in [0.2, 0.25) is 0 Å². The minimum atomic E-state index is -0.385. The molecule has 5 nitrogen and oxygen atoms in total. The molecule has 1 aliphatic rings. The molecule has 0 unspecified atom stereocenters. The predicted molar refractivity (Wildman–Crippen MR) is 94.5 cm³/mol. The van der Waals surface area contributed by atoms with Crippen LogP contribution in [0.15, 0.2) is 27.1 Å². The van der Waals surface area contributed by atoms with Gasteiger partial charge < -0.3 is 10.2 Å². The molecule has 1 aromatic rings. The van der Waals surface area contributed by atoms with Gasteiger partial charge in [0.1, 0.15) is 0 Å². The molecule has 1 aromatic carbocycles. The van der Waals surface area contributed by atoms with Crippen molar-refractivity contribution in [3.8, 4) is 0 Å². The Morgan fingerprint density at radius 2 is 2.10 bits per heavy atom.